The molecule has 8 N–H and O–H groups in total. The van der Waals surface area contributed by atoms with Gasteiger partial charge in [-0.1, -0.05) is 20.8 Å². The summed E-state index contributed by atoms with van der Waals surface area (Å²) < 4.78 is 11.9. The standard InChI is InChI=1S/C25H35NO10/c1-12(2)22(32)16(35-14(27)13-7-6-10-26-13)23(33)18(4)11-21(31)19(22,5)25(23,34)24(36-21)15(28)17(3,29)8-9-20(18,24)30/h6-7,10,12,15-16,26,28-34H,8-9,11H2,1-5H3/t15-,16+,17+,18-,19-,20-,21-,22+,23-,24+,25+/m0/s1. The van der Waals surface area contributed by atoms with E-state index in [1.807, 2.05) is 0 Å². The second kappa shape index (κ2) is 6.02. The molecule has 4 aliphatic carbocycles. The van der Waals surface area contributed by atoms with Crippen LogP contribution in [0.25, 0.3) is 0 Å². The van der Waals surface area contributed by atoms with E-state index in [0.29, 0.717) is 0 Å². The Hall–Kier alpha value is -1.57. The molecule has 6 bridgehead atoms. The number of nitrogens with one attached hydrogen (secondary N) is 1. The van der Waals surface area contributed by atoms with Crippen molar-refractivity contribution >= 4 is 5.97 Å². The van der Waals surface area contributed by atoms with Gasteiger partial charge in [-0.15, -0.1) is 0 Å². The molecule has 0 amide bonds. The molecule has 36 heavy (non-hydrogen) atoms. The number of rotatable bonds is 3. The van der Waals surface area contributed by atoms with Crippen molar-refractivity contribution in [3.8, 4) is 0 Å². The smallest absolute Gasteiger partial charge is 0.355 e. The van der Waals surface area contributed by atoms with Crippen LogP contribution < -0.4 is 0 Å². The van der Waals surface area contributed by atoms with Crippen molar-refractivity contribution in [2.24, 2.45) is 16.7 Å². The quantitative estimate of drug-likeness (QED) is 0.233. The topological polar surface area (TPSA) is 193 Å². The summed E-state index contributed by atoms with van der Waals surface area (Å²) in [5.74, 6) is -4.14. The van der Waals surface area contributed by atoms with E-state index in [-0.39, 0.29) is 18.5 Å². The van der Waals surface area contributed by atoms with Crippen LogP contribution in [-0.2, 0) is 9.47 Å². The zero-order chi connectivity index (χ0) is 26.8. The first-order valence-corrected chi connectivity index (χ1v) is 12.4. The van der Waals surface area contributed by atoms with E-state index in [1.54, 1.807) is 19.9 Å². The molecule has 1 spiro atoms. The molecule has 200 valence electrons. The largest absolute Gasteiger partial charge is 0.451 e. The lowest BCUT2D eigenvalue weighted by Crippen LogP contribution is -2.78. The summed E-state index contributed by atoms with van der Waals surface area (Å²) in [5.41, 5.74) is -18.3. The first kappa shape index (κ1) is 24.7. The summed E-state index contributed by atoms with van der Waals surface area (Å²) in [6.07, 6.45) is -3.09. The SMILES string of the molecule is CC(C)[C@@]1(O)[C@@H](OC(=O)c2ccc[nH]2)[C@]2(O)[C@@]3(C)C[C@]4(O)O[C@@]5([C@@H](O)[C@](C)(O)CC[C@]35O)[C@@]2(O)[C@]14C. The second-order valence-corrected chi connectivity index (χ2v) is 12.7. The molecule has 6 aliphatic rings. The van der Waals surface area contributed by atoms with Crippen molar-refractivity contribution in [1.82, 2.24) is 4.98 Å². The number of hydrogen-bond donors (Lipinski definition) is 8. The number of carbonyl (C=O) groups excluding carboxylic acids is 1. The van der Waals surface area contributed by atoms with Gasteiger partial charge in [0.1, 0.15) is 34.2 Å². The molecule has 4 saturated carbocycles. The van der Waals surface area contributed by atoms with Crippen LogP contribution in [0.5, 0.6) is 0 Å². The Morgan fingerprint density at radius 2 is 1.75 bits per heavy atom. The van der Waals surface area contributed by atoms with Gasteiger partial charge >= 0.3 is 5.97 Å². The summed E-state index contributed by atoms with van der Waals surface area (Å²) in [6, 6.07) is 3.00. The summed E-state index contributed by atoms with van der Waals surface area (Å²) in [5, 5.41) is 85.0. The third-order valence-corrected chi connectivity index (χ3v) is 11.4. The Bertz CT molecular complexity index is 1170. The Morgan fingerprint density at radius 1 is 1.11 bits per heavy atom. The third kappa shape index (κ3) is 1.77. The molecule has 7 rings (SSSR count). The van der Waals surface area contributed by atoms with Gasteiger partial charge in [0, 0.05) is 18.0 Å². The van der Waals surface area contributed by atoms with Crippen molar-refractivity contribution in [2.75, 3.05) is 0 Å². The highest BCUT2D eigenvalue weighted by atomic mass is 16.7. The minimum absolute atomic E-state index is 0.0261. The zero-order valence-corrected chi connectivity index (χ0v) is 20.9. The number of aromatic nitrogens is 1. The maximum Gasteiger partial charge on any atom is 0.355 e. The number of esters is 1. The van der Waals surface area contributed by atoms with E-state index >= 15 is 0 Å². The molecule has 2 saturated heterocycles. The average Bonchev–Trinajstić information content (AvgIpc) is 3.41. The van der Waals surface area contributed by atoms with E-state index in [9.17, 15) is 40.5 Å². The van der Waals surface area contributed by atoms with Crippen molar-refractivity contribution in [3.63, 3.8) is 0 Å². The fraction of sp³-hybridized carbons (Fsp3) is 0.800. The lowest BCUT2D eigenvalue weighted by molar-refractivity contribution is -0.398. The van der Waals surface area contributed by atoms with Gasteiger partial charge in [0.15, 0.2) is 17.5 Å². The van der Waals surface area contributed by atoms with Gasteiger partial charge in [0.25, 0.3) is 0 Å². The lowest BCUT2D eigenvalue weighted by atomic mass is 9.52. The predicted octanol–water partition coefficient (Wildman–Crippen LogP) is -1.07. The number of aromatic amines is 1. The maximum absolute atomic E-state index is 13.2. The molecule has 1 aromatic heterocycles. The molecule has 3 heterocycles. The number of hydrogen-bond acceptors (Lipinski definition) is 10. The fourth-order valence-corrected chi connectivity index (χ4v) is 9.54. The molecule has 0 unspecified atom stereocenters. The highest BCUT2D eigenvalue weighted by Crippen LogP contribution is 2.90. The first-order valence-electron chi connectivity index (χ1n) is 12.4. The van der Waals surface area contributed by atoms with Gasteiger partial charge in [-0.25, -0.2) is 4.79 Å². The van der Waals surface area contributed by atoms with Crippen LogP contribution in [-0.4, -0.2) is 98.3 Å². The lowest BCUT2D eigenvalue weighted by Gasteiger charge is -2.61. The minimum Gasteiger partial charge on any atom is -0.451 e. The summed E-state index contributed by atoms with van der Waals surface area (Å²) in [6.45, 7) is 7.23. The van der Waals surface area contributed by atoms with E-state index in [0.717, 1.165) is 0 Å². The van der Waals surface area contributed by atoms with E-state index in [2.05, 4.69) is 4.98 Å². The first-order chi connectivity index (χ1) is 16.3. The van der Waals surface area contributed by atoms with Crippen LogP contribution in [0.2, 0.25) is 0 Å². The summed E-state index contributed by atoms with van der Waals surface area (Å²) in [7, 11) is 0. The molecular weight excluding hydrogens is 474 g/mol. The number of carbonyl (C=O) groups is 1. The normalized spacial score (nSPS) is 60.6. The average molecular weight is 510 g/mol. The van der Waals surface area contributed by atoms with Crippen LogP contribution in [0.3, 0.4) is 0 Å². The predicted molar refractivity (Wildman–Crippen MR) is 120 cm³/mol. The fourth-order valence-electron chi connectivity index (χ4n) is 9.54. The molecule has 1 aromatic rings. The highest BCUT2D eigenvalue weighted by molar-refractivity contribution is 5.87. The van der Waals surface area contributed by atoms with Crippen molar-refractivity contribution < 1.29 is 50.0 Å². The van der Waals surface area contributed by atoms with Gasteiger partial charge in [-0.3, -0.25) is 0 Å². The molecule has 11 heteroatoms. The number of aliphatic hydroxyl groups excluding tert-OH is 1. The summed E-state index contributed by atoms with van der Waals surface area (Å²) >= 11 is 0. The molecule has 2 aliphatic heterocycles. The Kier molecular flexibility index (Phi) is 4.14. The van der Waals surface area contributed by atoms with Gasteiger partial charge < -0.3 is 50.2 Å². The Balaban J connectivity index is 1.70. The van der Waals surface area contributed by atoms with E-state index in [4.69, 9.17) is 9.47 Å². The number of aliphatic hydroxyl groups is 7. The van der Waals surface area contributed by atoms with Crippen molar-refractivity contribution in [1.29, 1.82) is 0 Å². The molecule has 6 fully saturated rings. The highest BCUT2D eigenvalue weighted by Gasteiger charge is 3.10. The van der Waals surface area contributed by atoms with Gasteiger partial charge in [0.2, 0.25) is 0 Å². The van der Waals surface area contributed by atoms with E-state index < -0.39 is 80.7 Å². The van der Waals surface area contributed by atoms with Gasteiger partial charge in [0.05, 0.1) is 11.0 Å². The molecular formula is C25H35NO10. The van der Waals surface area contributed by atoms with Gasteiger partial charge in [-0.05, 0) is 44.7 Å². The van der Waals surface area contributed by atoms with Crippen molar-refractivity contribution in [3.05, 3.63) is 24.0 Å². The molecule has 0 radical (unpaired) electrons. The zero-order valence-electron chi connectivity index (χ0n) is 20.9. The monoisotopic (exact) mass is 509 g/mol. The number of H-pyrrole nitrogens is 1. The third-order valence-electron chi connectivity index (χ3n) is 11.4. The molecule has 0 aromatic carbocycles. The maximum atomic E-state index is 13.2. The van der Waals surface area contributed by atoms with Crippen LogP contribution in [0.15, 0.2) is 18.3 Å². The molecule has 11 atom stereocenters. The van der Waals surface area contributed by atoms with Crippen LogP contribution in [0.1, 0.15) is 64.4 Å². The van der Waals surface area contributed by atoms with Crippen LogP contribution in [0.4, 0.5) is 0 Å². The van der Waals surface area contributed by atoms with Crippen molar-refractivity contribution in [2.45, 2.75) is 105 Å². The van der Waals surface area contributed by atoms with Crippen LogP contribution >= 0.6 is 0 Å². The molecule has 11 nitrogen and oxygen atoms in total. The Labute approximate surface area is 207 Å². The van der Waals surface area contributed by atoms with Gasteiger partial charge in [-0.2, -0.15) is 0 Å². The second-order valence-electron chi connectivity index (χ2n) is 12.7. The minimum atomic E-state index is -2.77. The Morgan fingerprint density at radius 3 is 2.31 bits per heavy atom. The van der Waals surface area contributed by atoms with E-state index in [1.165, 1.54) is 33.0 Å². The summed E-state index contributed by atoms with van der Waals surface area (Å²) in [4.78, 5) is 15.9. The van der Waals surface area contributed by atoms with Crippen LogP contribution in [0, 0.1) is 16.7 Å². The number of ether oxygens (including phenoxy) is 2.